The van der Waals surface area contributed by atoms with Crippen molar-refractivity contribution in [2.24, 2.45) is 0 Å². The Morgan fingerprint density at radius 1 is 1.21 bits per heavy atom. The molecule has 1 saturated heterocycles. The molecule has 2 aromatic carbocycles. The topological polar surface area (TPSA) is 54.0 Å². The molecule has 0 aliphatic carbocycles. The molecule has 0 aromatic heterocycles. The van der Waals surface area contributed by atoms with Crippen LogP contribution in [0.4, 0.5) is 20.6 Å². The van der Waals surface area contributed by atoms with Crippen molar-refractivity contribution in [3.63, 3.8) is 0 Å². The van der Waals surface area contributed by atoms with Crippen LogP contribution in [0.3, 0.4) is 0 Å². The third kappa shape index (κ3) is 5.84. The second-order valence-electron chi connectivity index (χ2n) is 7.34. The highest BCUT2D eigenvalue weighted by molar-refractivity contribution is 5.89. The van der Waals surface area contributed by atoms with Crippen molar-refractivity contribution in [2.45, 2.75) is 26.1 Å². The van der Waals surface area contributed by atoms with Crippen molar-refractivity contribution in [3.05, 3.63) is 54.3 Å². The number of amides is 2. The number of anilines is 2. The smallest absolute Gasteiger partial charge is 0.321 e. The summed E-state index contributed by atoms with van der Waals surface area (Å²) in [5.41, 5.74) is 0.941. The lowest BCUT2D eigenvalue weighted by Gasteiger charge is -2.37. The van der Waals surface area contributed by atoms with Crippen molar-refractivity contribution >= 4 is 17.4 Å². The van der Waals surface area contributed by atoms with Crippen molar-refractivity contribution in [1.29, 1.82) is 0 Å². The lowest BCUT2D eigenvalue weighted by Crippen LogP contribution is -2.45. The van der Waals surface area contributed by atoms with Crippen molar-refractivity contribution in [2.75, 3.05) is 43.5 Å². The minimum atomic E-state index is -0.362. The molecule has 7 heteroatoms. The molecule has 1 aliphatic heterocycles. The summed E-state index contributed by atoms with van der Waals surface area (Å²) in [6.45, 7) is 6.01. The normalized spacial score (nSPS) is 19.0. The van der Waals surface area contributed by atoms with Crippen LogP contribution in [0.15, 0.2) is 48.5 Å². The molecule has 6 nitrogen and oxygen atoms in total. The number of rotatable bonds is 6. The molecule has 0 radical (unpaired) electrons. The standard InChI is InChI=1S/C22H28FN3O3/c1-16-14-26(15-17(2)29-16)21-10-9-18(13-20(21)23)24-22(27)25(3)11-12-28-19-7-5-4-6-8-19/h4-10,13,16-17H,11-12,14-15H2,1-3H3,(H,24,27)/t16-,17-/m1/s1. The summed E-state index contributed by atoms with van der Waals surface area (Å²) < 4.78 is 26.0. The van der Waals surface area contributed by atoms with Gasteiger partial charge < -0.3 is 24.6 Å². The Kier molecular flexibility index (Phi) is 6.93. The Bertz CT molecular complexity index is 808. The van der Waals surface area contributed by atoms with Gasteiger partial charge in [0.05, 0.1) is 24.4 Å². The summed E-state index contributed by atoms with van der Waals surface area (Å²) in [5.74, 6) is 0.393. The lowest BCUT2D eigenvalue weighted by molar-refractivity contribution is -0.00539. The third-order valence-corrected chi connectivity index (χ3v) is 4.74. The number of carbonyl (C=O) groups is 1. The van der Waals surface area contributed by atoms with Crippen LogP contribution in [0.2, 0.25) is 0 Å². The molecule has 2 aromatic rings. The first-order chi connectivity index (χ1) is 13.9. The fourth-order valence-electron chi connectivity index (χ4n) is 3.35. The number of nitrogens with zero attached hydrogens (tertiary/aromatic N) is 2. The minimum Gasteiger partial charge on any atom is -0.492 e. The van der Waals surface area contributed by atoms with E-state index in [1.54, 1.807) is 19.2 Å². The quantitative estimate of drug-likeness (QED) is 0.796. The molecule has 2 amide bonds. The van der Waals surface area contributed by atoms with Gasteiger partial charge in [-0.3, -0.25) is 0 Å². The maximum Gasteiger partial charge on any atom is 0.321 e. The lowest BCUT2D eigenvalue weighted by atomic mass is 10.2. The molecule has 0 spiro atoms. The first-order valence-corrected chi connectivity index (χ1v) is 9.82. The molecular formula is C22H28FN3O3. The molecule has 156 valence electrons. The number of para-hydroxylation sites is 1. The molecule has 1 fully saturated rings. The van der Waals surface area contributed by atoms with E-state index in [4.69, 9.17) is 9.47 Å². The predicted molar refractivity (Wildman–Crippen MR) is 112 cm³/mol. The van der Waals surface area contributed by atoms with Crippen LogP contribution >= 0.6 is 0 Å². The molecule has 1 N–H and O–H groups in total. The van der Waals surface area contributed by atoms with Crippen LogP contribution in [-0.2, 0) is 4.74 Å². The van der Waals surface area contributed by atoms with Crippen molar-refractivity contribution in [3.8, 4) is 5.75 Å². The molecule has 1 heterocycles. The zero-order chi connectivity index (χ0) is 20.8. The molecule has 1 aliphatic rings. The number of hydrogen-bond donors (Lipinski definition) is 1. The number of nitrogens with one attached hydrogen (secondary N) is 1. The highest BCUT2D eigenvalue weighted by Crippen LogP contribution is 2.26. The number of likely N-dealkylation sites (N-methyl/N-ethyl adjacent to an activating group) is 1. The van der Waals surface area contributed by atoms with Crippen LogP contribution in [0.25, 0.3) is 0 Å². The van der Waals surface area contributed by atoms with E-state index in [-0.39, 0.29) is 24.1 Å². The van der Waals surface area contributed by atoms with Gasteiger partial charge in [0.25, 0.3) is 0 Å². The Hall–Kier alpha value is -2.80. The fourth-order valence-corrected chi connectivity index (χ4v) is 3.35. The van der Waals surface area contributed by atoms with E-state index in [1.807, 2.05) is 49.1 Å². The number of morpholine rings is 1. The van der Waals surface area contributed by atoms with Crippen LogP contribution in [0.5, 0.6) is 5.75 Å². The molecule has 29 heavy (non-hydrogen) atoms. The average Bonchev–Trinajstić information content (AvgIpc) is 2.68. The second kappa shape index (κ2) is 9.60. The van der Waals surface area contributed by atoms with E-state index >= 15 is 0 Å². The van der Waals surface area contributed by atoms with Gasteiger partial charge in [0.1, 0.15) is 18.2 Å². The van der Waals surface area contributed by atoms with Crippen LogP contribution in [-0.4, -0.2) is 56.4 Å². The summed E-state index contributed by atoms with van der Waals surface area (Å²) in [5, 5.41) is 2.73. The third-order valence-electron chi connectivity index (χ3n) is 4.74. The van der Waals surface area contributed by atoms with Gasteiger partial charge >= 0.3 is 6.03 Å². The van der Waals surface area contributed by atoms with Gasteiger partial charge in [-0.25, -0.2) is 9.18 Å². The first kappa shape index (κ1) is 20.9. The maximum atomic E-state index is 14.7. The number of halogens is 1. The Balaban J connectivity index is 1.52. The molecule has 0 unspecified atom stereocenters. The van der Waals surface area contributed by atoms with E-state index in [9.17, 15) is 9.18 Å². The summed E-state index contributed by atoms with van der Waals surface area (Å²) in [6, 6.07) is 13.9. The Labute approximate surface area is 171 Å². The Morgan fingerprint density at radius 2 is 1.90 bits per heavy atom. The van der Waals surface area contributed by atoms with E-state index in [0.717, 1.165) is 5.75 Å². The van der Waals surface area contributed by atoms with E-state index < -0.39 is 0 Å². The zero-order valence-corrected chi connectivity index (χ0v) is 17.1. The molecule has 2 atom stereocenters. The minimum absolute atomic E-state index is 0.0456. The number of urea groups is 1. The summed E-state index contributed by atoms with van der Waals surface area (Å²) >= 11 is 0. The highest BCUT2D eigenvalue weighted by atomic mass is 19.1. The highest BCUT2D eigenvalue weighted by Gasteiger charge is 2.24. The molecule has 0 saturated carbocycles. The number of carbonyl (C=O) groups excluding carboxylic acids is 1. The first-order valence-electron chi connectivity index (χ1n) is 9.82. The van der Waals surface area contributed by atoms with Gasteiger partial charge in [0.15, 0.2) is 0 Å². The SMILES string of the molecule is C[C@@H]1CN(c2ccc(NC(=O)N(C)CCOc3ccccc3)cc2F)C[C@@H](C)O1. The number of hydrogen-bond acceptors (Lipinski definition) is 4. The van der Waals surface area contributed by atoms with Crippen LogP contribution < -0.4 is 15.0 Å². The largest absolute Gasteiger partial charge is 0.492 e. The molecule has 0 bridgehead atoms. The number of benzene rings is 2. The summed E-state index contributed by atoms with van der Waals surface area (Å²) in [7, 11) is 1.67. The fraction of sp³-hybridized carbons (Fsp3) is 0.409. The van der Waals surface area contributed by atoms with E-state index in [2.05, 4.69) is 5.32 Å². The van der Waals surface area contributed by atoms with Gasteiger partial charge in [-0.15, -0.1) is 0 Å². The van der Waals surface area contributed by atoms with Gasteiger partial charge in [0, 0.05) is 25.8 Å². The number of ether oxygens (including phenoxy) is 2. The van der Waals surface area contributed by atoms with Gasteiger partial charge in [-0.1, -0.05) is 18.2 Å². The summed E-state index contributed by atoms with van der Waals surface area (Å²) in [6.07, 6.45) is 0.0913. The van der Waals surface area contributed by atoms with Gasteiger partial charge in [0.2, 0.25) is 0 Å². The van der Waals surface area contributed by atoms with E-state index in [1.165, 1.54) is 11.0 Å². The van der Waals surface area contributed by atoms with Gasteiger partial charge in [-0.2, -0.15) is 0 Å². The molecule has 3 rings (SSSR count). The zero-order valence-electron chi connectivity index (χ0n) is 17.1. The van der Waals surface area contributed by atoms with Crippen LogP contribution in [0, 0.1) is 5.82 Å². The van der Waals surface area contributed by atoms with Gasteiger partial charge in [-0.05, 0) is 44.2 Å². The predicted octanol–water partition coefficient (Wildman–Crippen LogP) is 3.98. The second-order valence-corrected chi connectivity index (χ2v) is 7.34. The van der Waals surface area contributed by atoms with E-state index in [0.29, 0.717) is 37.6 Å². The average molecular weight is 401 g/mol. The summed E-state index contributed by atoms with van der Waals surface area (Å²) in [4.78, 5) is 15.8. The van der Waals surface area contributed by atoms with Crippen molar-refractivity contribution < 1.29 is 18.7 Å². The Morgan fingerprint density at radius 3 is 2.55 bits per heavy atom. The molecular weight excluding hydrogens is 373 g/mol. The van der Waals surface area contributed by atoms with Crippen molar-refractivity contribution in [1.82, 2.24) is 4.90 Å². The maximum absolute atomic E-state index is 14.7. The monoisotopic (exact) mass is 401 g/mol. The van der Waals surface area contributed by atoms with Crippen LogP contribution in [0.1, 0.15) is 13.8 Å².